The lowest BCUT2D eigenvalue weighted by molar-refractivity contribution is 0.415. The van der Waals surface area contributed by atoms with Gasteiger partial charge >= 0.3 is 0 Å². The van der Waals surface area contributed by atoms with Crippen molar-refractivity contribution in [3.8, 4) is 11.4 Å². The molecule has 0 saturated heterocycles. The largest absolute Gasteiger partial charge is 0.495 e. The molecule has 0 spiro atoms. The van der Waals surface area contributed by atoms with E-state index in [0.717, 1.165) is 35.2 Å². The molecule has 0 aliphatic carbocycles. The van der Waals surface area contributed by atoms with E-state index in [2.05, 4.69) is 20.8 Å². The molecule has 0 aliphatic rings. The highest BCUT2D eigenvalue weighted by molar-refractivity contribution is 7.99. The predicted molar refractivity (Wildman–Crippen MR) is 99.6 cm³/mol. The average Bonchev–Trinajstić information content (AvgIpc) is 3.11. The second kappa shape index (κ2) is 8.84. The van der Waals surface area contributed by atoms with Gasteiger partial charge in [0.15, 0.2) is 0 Å². The summed E-state index contributed by atoms with van der Waals surface area (Å²) < 4.78 is 6.90. The van der Waals surface area contributed by atoms with E-state index in [1.54, 1.807) is 23.6 Å². The Kier molecular flexibility index (Phi) is 6.27. The highest BCUT2D eigenvalue weighted by Gasteiger charge is 2.08. The normalized spacial score (nSPS) is 10.8. The third kappa shape index (κ3) is 4.72. The van der Waals surface area contributed by atoms with E-state index in [-0.39, 0.29) is 0 Å². The Morgan fingerprint density at radius 2 is 2.04 bits per heavy atom. The second-order valence-corrected chi connectivity index (χ2v) is 6.67. The van der Waals surface area contributed by atoms with Crippen molar-refractivity contribution in [2.75, 3.05) is 19.4 Å². The van der Waals surface area contributed by atoms with Crippen LogP contribution in [0.3, 0.4) is 0 Å². The van der Waals surface area contributed by atoms with Crippen molar-refractivity contribution in [3.63, 3.8) is 0 Å². The minimum Gasteiger partial charge on any atom is -0.495 e. The Morgan fingerprint density at radius 1 is 1.20 bits per heavy atom. The van der Waals surface area contributed by atoms with Crippen LogP contribution >= 0.6 is 23.4 Å². The van der Waals surface area contributed by atoms with Gasteiger partial charge in [-0.3, -0.25) is 0 Å². The summed E-state index contributed by atoms with van der Waals surface area (Å²) in [5.74, 6) is 1.55. The number of nitrogens with one attached hydrogen (secondary N) is 1. The minimum atomic E-state index is 0.623. The summed E-state index contributed by atoms with van der Waals surface area (Å²) in [6.07, 6.45) is 0. The van der Waals surface area contributed by atoms with Crippen LogP contribution in [0.5, 0.6) is 5.75 Å². The van der Waals surface area contributed by atoms with Crippen molar-refractivity contribution in [2.45, 2.75) is 11.7 Å². The summed E-state index contributed by atoms with van der Waals surface area (Å²) in [5.41, 5.74) is 2.07. The van der Waals surface area contributed by atoms with Crippen LogP contribution in [0.4, 0.5) is 0 Å². The molecule has 0 unspecified atom stereocenters. The molecule has 3 rings (SSSR count). The number of tetrazole rings is 1. The summed E-state index contributed by atoms with van der Waals surface area (Å²) in [6, 6.07) is 15.6. The Balaban J connectivity index is 1.47. The topological polar surface area (TPSA) is 64.9 Å². The Labute approximate surface area is 155 Å². The van der Waals surface area contributed by atoms with Gasteiger partial charge in [-0.25, -0.2) is 0 Å². The smallest absolute Gasteiger partial charge is 0.214 e. The lowest BCUT2D eigenvalue weighted by atomic mass is 10.2. The van der Waals surface area contributed by atoms with Gasteiger partial charge in [0.1, 0.15) is 5.75 Å². The number of thioether (sulfide) groups is 1. The number of para-hydroxylation sites is 1. The zero-order valence-corrected chi connectivity index (χ0v) is 15.3. The SMILES string of the molecule is COc1ccc(CNCCSc2nnnn2-c2ccccc2)cc1Cl. The minimum absolute atomic E-state index is 0.623. The van der Waals surface area contributed by atoms with Crippen LogP contribution in [0.2, 0.25) is 5.02 Å². The van der Waals surface area contributed by atoms with Crippen LogP contribution in [-0.2, 0) is 6.54 Å². The van der Waals surface area contributed by atoms with Gasteiger partial charge in [-0.2, -0.15) is 4.68 Å². The van der Waals surface area contributed by atoms with Crippen molar-refractivity contribution < 1.29 is 4.74 Å². The van der Waals surface area contributed by atoms with E-state index in [9.17, 15) is 0 Å². The Hall–Kier alpha value is -2.09. The number of ether oxygens (including phenoxy) is 1. The molecule has 130 valence electrons. The van der Waals surface area contributed by atoms with Gasteiger partial charge in [0.05, 0.1) is 17.8 Å². The fourth-order valence-corrected chi connectivity index (χ4v) is 3.33. The molecule has 0 atom stereocenters. The highest BCUT2D eigenvalue weighted by atomic mass is 35.5. The molecule has 0 radical (unpaired) electrons. The molecule has 0 saturated carbocycles. The van der Waals surface area contributed by atoms with Crippen LogP contribution in [0, 0.1) is 0 Å². The van der Waals surface area contributed by atoms with Gasteiger partial charge in [-0.1, -0.05) is 47.6 Å². The third-order valence-corrected chi connectivity index (χ3v) is 4.71. The molecular weight excluding hydrogens is 358 g/mol. The van der Waals surface area contributed by atoms with Gasteiger partial charge in [0, 0.05) is 18.8 Å². The first-order valence-electron chi connectivity index (χ1n) is 7.77. The number of hydrogen-bond acceptors (Lipinski definition) is 6. The molecule has 1 heterocycles. The molecule has 0 fully saturated rings. The lowest BCUT2D eigenvalue weighted by Crippen LogP contribution is -2.16. The van der Waals surface area contributed by atoms with Crippen molar-refractivity contribution in [2.24, 2.45) is 0 Å². The van der Waals surface area contributed by atoms with Crippen LogP contribution in [0.1, 0.15) is 5.56 Å². The van der Waals surface area contributed by atoms with Crippen molar-refractivity contribution >= 4 is 23.4 Å². The van der Waals surface area contributed by atoms with E-state index in [4.69, 9.17) is 16.3 Å². The van der Waals surface area contributed by atoms with Gasteiger partial charge in [0.25, 0.3) is 0 Å². The monoisotopic (exact) mass is 375 g/mol. The van der Waals surface area contributed by atoms with Crippen LogP contribution in [-0.4, -0.2) is 39.6 Å². The number of halogens is 1. The van der Waals surface area contributed by atoms with Crippen LogP contribution < -0.4 is 10.1 Å². The first kappa shape index (κ1) is 17.7. The Morgan fingerprint density at radius 3 is 2.80 bits per heavy atom. The summed E-state index contributed by atoms with van der Waals surface area (Å²) in [7, 11) is 1.61. The number of rotatable bonds is 8. The van der Waals surface area contributed by atoms with Gasteiger partial charge in [-0.05, 0) is 40.3 Å². The number of nitrogens with zero attached hydrogens (tertiary/aromatic N) is 4. The predicted octanol–water partition coefficient (Wildman–Crippen LogP) is 3.21. The molecule has 2 aromatic carbocycles. The molecule has 1 N–H and O–H groups in total. The van der Waals surface area contributed by atoms with Crippen LogP contribution in [0.15, 0.2) is 53.7 Å². The number of hydrogen-bond donors (Lipinski definition) is 1. The number of aromatic nitrogens is 4. The van der Waals surface area contributed by atoms with E-state index in [1.165, 1.54) is 0 Å². The molecule has 6 nitrogen and oxygen atoms in total. The molecule has 25 heavy (non-hydrogen) atoms. The zero-order valence-electron chi connectivity index (χ0n) is 13.7. The molecule has 1 aromatic heterocycles. The molecular formula is C17H18ClN5OS. The first-order chi connectivity index (χ1) is 12.3. The van der Waals surface area contributed by atoms with Crippen LogP contribution in [0.25, 0.3) is 5.69 Å². The fraction of sp³-hybridized carbons (Fsp3) is 0.235. The molecule has 0 amide bonds. The summed E-state index contributed by atoms with van der Waals surface area (Å²) in [5, 5.41) is 16.7. The second-order valence-electron chi connectivity index (χ2n) is 5.20. The van der Waals surface area contributed by atoms with E-state index < -0.39 is 0 Å². The van der Waals surface area contributed by atoms with Crippen molar-refractivity contribution in [1.82, 2.24) is 25.5 Å². The quantitative estimate of drug-likeness (QED) is 0.481. The van der Waals surface area contributed by atoms with Crippen molar-refractivity contribution in [3.05, 3.63) is 59.1 Å². The number of benzene rings is 2. The fourth-order valence-electron chi connectivity index (χ4n) is 2.27. The maximum Gasteiger partial charge on any atom is 0.214 e. The maximum atomic E-state index is 6.13. The molecule has 8 heteroatoms. The molecule has 3 aromatic rings. The summed E-state index contributed by atoms with van der Waals surface area (Å²) >= 11 is 7.74. The van der Waals surface area contributed by atoms with Gasteiger partial charge < -0.3 is 10.1 Å². The maximum absolute atomic E-state index is 6.13. The summed E-state index contributed by atoms with van der Waals surface area (Å²) in [4.78, 5) is 0. The lowest BCUT2D eigenvalue weighted by Gasteiger charge is -2.08. The Bertz CT molecular complexity index is 812. The number of methoxy groups -OCH3 is 1. The molecule has 0 aliphatic heterocycles. The van der Waals surface area contributed by atoms with Gasteiger partial charge in [0.2, 0.25) is 5.16 Å². The van der Waals surface area contributed by atoms with E-state index in [0.29, 0.717) is 10.8 Å². The van der Waals surface area contributed by atoms with E-state index >= 15 is 0 Å². The first-order valence-corrected chi connectivity index (χ1v) is 9.14. The zero-order chi connectivity index (χ0) is 17.5. The highest BCUT2D eigenvalue weighted by Crippen LogP contribution is 2.24. The van der Waals surface area contributed by atoms with Gasteiger partial charge in [-0.15, -0.1) is 5.10 Å². The third-order valence-electron chi connectivity index (χ3n) is 3.50. The van der Waals surface area contributed by atoms with Crippen molar-refractivity contribution in [1.29, 1.82) is 0 Å². The molecule has 0 bridgehead atoms. The standard InChI is InChI=1S/C17H18ClN5OS/c1-24-16-8-7-13(11-15(16)18)12-19-9-10-25-17-20-21-22-23(17)14-5-3-2-4-6-14/h2-8,11,19H,9-10,12H2,1H3. The average molecular weight is 376 g/mol. The summed E-state index contributed by atoms with van der Waals surface area (Å²) in [6.45, 7) is 1.57. The van der Waals surface area contributed by atoms with E-state index in [1.807, 2.05) is 48.5 Å².